The molecule has 0 bridgehead atoms. The van der Waals surface area contributed by atoms with Gasteiger partial charge in [-0.3, -0.25) is 4.79 Å². The molecule has 0 radical (unpaired) electrons. The van der Waals surface area contributed by atoms with E-state index in [1.165, 1.54) is 10.7 Å². The highest BCUT2D eigenvalue weighted by atomic mass is 32.2. The number of carbonyl (C=O) groups excluding carboxylic acids is 1. The quantitative estimate of drug-likeness (QED) is 0.514. The Balaban J connectivity index is 1.65. The highest BCUT2D eigenvalue weighted by Crippen LogP contribution is 2.32. The maximum atomic E-state index is 13.1. The lowest BCUT2D eigenvalue weighted by atomic mass is 10.1. The lowest BCUT2D eigenvalue weighted by Crippen LogP contribution is -2.32. The second-order valence-electron chi connectivity index (χ2n) is 8.40. The number of nitrogens with zero attached hydrogens (tertiary/aromatic N) is 2. The number of benzene rings is 2. The summed E-state index contributed by atoms with van der Waals surface area (Å²) in [5, 5.41) is 4.04. The molecule has 7 nitrogen and oxygen atoms in total. The molecule has 4 rings (SSSR count). The fourth-order valence-corrected chi connectivity index (χ4v) is 6.03. The molecule has 1 amide bonds. The number of anilines is 2. The summed E-state index contributed by atoms with van der Waals surface area (Å²) in [7, 11) is -3.63. The molecule has 2 aromatic carbocycles. The first-order chi connectivity index (χ1) is 15.9. The molecule has 0 saturated carbocycles. The van der Waals surface area contributed by atoms with Crippen molar-refractivity contribution in [3.05, 3.63) is 54.2 Å². The molecule has 33 heavy (non-hydrogen) atoms. The van der Waals surface area contributed by atoms with E-state index in [9.17, 15) is 13.2 Å². The van der Waals surface area contributed by atoms with Gasteiger partial charge in [-0.05, 0) is 49.1 Å². The molecule has 0 spiro atoms. The van der Waals surface area contributed by atoms with Gasteiger partial charge in [-0.15, -0.1) is 0 Å². The van der Waals surface area contributed by atoms with E-state index in [0.717, 1.165) is 48.1 Å². The number of para-hydroxylation sites is 1. The number of nitrogens with one attached hydrogen (secondary N) is 2. The van der Waals surface area contributed by atoms with Crippen LogP contribution in [0.1, 0.15) is 38.7 Å². The van der Waals surface area contributed by atoms with E-state index in [0.29, 0.717) is 18.8 Å². The van der Waals surface area contributed by atoms with Crippen molar-refractivity contribution in [1.29, 1.82) is 0 Å². The van der Waals surface area contributed by atoms with E-state index in [-0.39, 0.29) is 17.2 Å². The van der Waals surface area contributed by atoms with Crippen molar-refractivity contribution in [2.45, 2.75) is 44.4 Å². The third kappa shape index (κ3) is 4.91. The zero-order chi connectivity index (χ0) is 23.4. The molecule has 1 aromatic heterocycles. The van der Waals surface area contributed by atoms with Crippen molar-refractivity contribution in [1.82, 2.24) is 9.29 Å². The maximum Gasteiger partial charge on any atom is 0.243 e. The number of hydrogen-bond donors (Lipinski definition) is 2. The van der Waals surface area contributed by atoms with E-state index in [1.807, 2.05) is 50.4 Å². The molecule has 0 aliphatic carbocycles. The summed E-state index contributed by atoms with van der Waals surface area (Å²) < 4.78 is 27.7. The molecular formula is C25H32N4O3S. The number of amides is 1. The van der Waals surface area contributed by atoms with Crippen molar-refractivity contribution in [2.24, 2.45) is 0 Å². The molecule has 1 saturated heterocycles. The molecular weight excluding hydrogens is 436 g/mol. The van der Waals surface area contributed by atoms with Crippen LogP contribution in [0, 0.1) is 0 Å². The Labute approximate surface area is 195 Å². The number of fused-ring (bicyclic) bond motifs is 1. The number of rotatable bonds is 8. The normalized spacial score (nSPS) is 14.7. The lowest BCUT2D eigenvalue weighted by Gasteiger charge is -2.31. The summed E-state index contributed by atoms with van der Waals surface area (Å²) in [6, 6.07) is 13.0. The number of sulfonamides is 1. The highest BCUT2D eigenvalue weighted by Gasteiger charge is 2.25. The largest absolute Gasteiger partial charge is 0.370 e. The molecule has 0 unspecified atom stereocenters. The topological polar surface area (TPSA) is 85.5 Å². The van der Waals surface area contributed by atoms with Crippen LogP contribution in [0.3, 0.4) is 0 Å². The average Bonchev–Trinajstić information content (AvgIpc) is 3.23. The molecule has 3 aromatic rings. The predicted molar refractivity (Wildman–Crippen MR) is 133 cm³/mol. The second-order valence-corrected chi connectivity index (χ2v) is 10.3. The SMILES string of the molecule is CCN(CC)S(=O)(=O)c1ccc(N2CCCCC2)c(NC(=O)Cc2c[nH]c3ccccc23)c1. The number of carbonyl (C=O) groups is 1. The number of aromatic nitrogens is 1. The van der Waals surface area contributed by atoms with Crippen LogP contribution in [0.5, 0.6) is 0 Å². The molecule has 1 aliphatic rings. The van der Waals surface area contributed by atoms with E-state index in [4.69, 9.17) is 0 Å². The van der Waals surface area contributed by atoms with Crippen molar-refractivity contribution < 1.29 is 13.2 Å². The van der Waals surface area contributed by atoms with E-state index in [1.54, 1.807) is 12.1 Å². The molecule has 0 atom stereocenters. The molecule has 2 N–H and O–H groups in total. The van der Waals surface area contributed by atoms with Crippen LogP contribution < -0.4 is 10.2 Å². The zero-order valence-electron chi connectivity index (χ0n) is 19.3. The van der Waals surface area contributed by atoms with Crippen molar-refractivity contribution >= 4 is 38.2 Å². The Morgan fingerprint density at radius 1 is 1.06 bits per heavy atom. The van der Waals surface area contributed by atoms with Gasteiger partial charge < -0.3 is 15.2 Å². The Kier molecular flexibility index (Phi) is 7.05. The Morgan fingerprint density at radius 2 is 1.79 bits per heavy atom. The van der Waals surface area contributed by atoms with Crippen LogP contribution in [0.2, 0.25) is 0 Å². The van der Waals surface area contributed by atoms with Crippen molar-refractivity contribution in [3.63, 3.8) is 0 Å². The van der Waals surface area contributed by atoms with Gasteiger partial charge in [0.05, 0.1) is 22.7 Å². The van der Waals surface area contributed by atoms with E-state index in [2.05, 4.69) is 15.2 Å². The Hall–Kier alpha value is -2.84. The summed E-state index contributed by atoms with van der Waals surface area (Å²) in [5.41, 5.74) is 3.33. The zero-order valence-corrected chi connectivity index (χ0v) is 20.1. The van der Waals surface area contributed by atoms with Gasteiger partial charge in [-0.25, -0.2) is 8.42 Å². The standard InChI is InChI=1S/C25H32N4O3S/c1-3-29(4-2)33(31,32)20-12-13-24(28-14-8-5-9-15-28)23(17-20)27-25(30)16-19-18-26-22-11-7-6-10-21(19)22/h6-7,10-13,17-18,26H,3-5,8-9,14-16H2,1-2H3,(H,27,30). The highest BCUT2D eigenvalue weighted by molar-refractivity contribution is 7.89. The number of hydrogen-bond acceptors (Lipinski definition) is 4. The van der Waals surface area contributed by atoms with Crippen molar-refractivity contribution in [3.8, 4) is 0 Å². The lowest BCUT2D eigenvalue weighted by molar-refractivity contribution is -0.115. The first-order valence-electron chi connectivity index (χ1n) is 11.7. The van der Waals surface area contributed by atoms with Crippen LogP contribution in [-0.2, 0) is 21.2 Å². The monoisotopic (exact) mass is 468 g/mol. The van der Waals surface area contributed by atoms with Crippen LogP contribution in [0.25, 0.3) is 10.9 Å². The van der Waals surface area contributed by atoms with Gasteiger partial charge in [0, 0.05) is 43.3 Å². The van der Waals surface area contributed by atoms with Crippen LogP contribution in [0.4, 0.5) is 11.4 Å². The smallest absolute Gasteiger partial charge is 0.243 e. The van der Waals surface area contributed by atoms with Crippen molar-refractivity contribution in [2.75, 3.05) is 36.4 Å². The van der Waals surface area contributed by atoms with Gasteiger partial charge in [-0.1, -0.05) is 32.0 Å². The Morgan fingerprint density at radius 3 is 2.52 bits per heavy atom. The van der Waals surface area contributed by atoms with E-state index >= 15 is 0 Å². The minimum absolute atomic E-state index is 0.171. The second kappa shape index (κ2) is 9.97. The maximum absolute atomic E-state index is 13.1. The number of aromatic amines is 1. The summed E-state index contributed by atoms with van der Waals surface area (Å²) in [6.07, 6.45) is 5.42. The minimum Gasteiger partial charge on any atom is -0.370 e. The fraction of sp³-hybridized carbons (Fsp3) is 0.400. The van der Waals surface area contributed by atoms with Gasteiger partial charge in [0.1, 0.15) is 0 Å². The predicted octanol–water partition coefficient (Wildman–Crippen LogP) is 4.37. The molecule has 1 aliphatic heterocycles. The first-order valence-corrected chi connectivity index (χ1v) is 13.1. The number of H-pyrrole nitrogens is 1. The number of piperidine rings is 1. The van der Waals surface area contributed by atoms with Gasteiger partial charge >= 0.3 is 0 Å². The van der Waals surface area contributed by atoms with Crippen LogP contribution in [-0.4, -0.2) is 49.8 Å². The molecule has 2 heterocycles. The van der Waals surface area contributed by atoms with E-state index < -0.39 is 10.0 Å². The third-order valence-electron chi connectivity index (χ3n) is 6.31. The molecule has 176 valence electrons. The summed E-state index contributed by atoms with van der Waals surface area (Å²) in [6.45, 7) is 6.24. The van der Waals surface area contributed by atoms with Crippen LogP contribution >= 0.6 is 0 Å². The molecule has 1 fully saturated rings. The average molecular weight is 469 g/mol. The minimum atomic E-state index is -3.63. The Bertz CT molecular complexity index is 1230. The first kappa shape index (κ1) is 23.3. The third-order valence-corrected chi connectivity index (χ3v) is 8.35. The van der Waals surface area contributed by atoms with Gasteiger partial charge in [0.15, 0.2) is 0 Å². The summed E-state index contributed by atoms with van der Waals surface area (Å²) in [5.74, 6) is -0.171. The fourth-order valence-electron chi connectivity index (χ4n) is 4.54. The van der Waals surface area contributed by atoms with Gasteiger partial charge in [0.25, 0.3) is 0 Å². The van der Waals surface area contributed by atoms with Gasteiger partial charge in [0.2, 0.25) is 15.9 Å². The van der Waals surface area contributed by atoms with Crippen LogP contribution in [0.15, 0.2) is 53.6 Å². The summed E-state index contributed by atoms with van der Waals surface area (Å²) >= 11 is 0. The van der Waals surface area contributed by atoms with Gasteiger partial charge in [-0.2, -0.15) is 4.31 Å². The molecule has 8 heteroatoms. The summed E-state index contributed by atoms with van der Waals surface area (Å²) in [4.78, 5) is 18.7.